The molecule has 0 bridgehead atoms. The molecule has 1 aromatic rings. The van der Waals surface area contributed by atoms with E-state index in [1.54, 1.807) is 25.1 Å². The summed E-state index contributed by atoms with van der Waals surface area (Å²) in [6, 6.07) is 7.41. The van der Waals surface area contributed by atoms with Crippen molar-refractivity contribution in [3.8, 4) is 0 Å². The van der Waals surface area contributed by atoms with Gasteiger partial charge in [-0.25, -0.2) is 4.79 Å². The second kappa shape index (κ2) is 7.36. The molecule has 1 aromatic carbocycles. The molecular weight excluding hydrogens is 242 g/mol. The molecule has 0 saturated carbocycles. The van der Waals surface area contributed by atoms with E-state index in [0.29, 0.717) is 5.69 Å². The minimum Gasteiger partial charge on any atom is -0.449 e. The first-order valence-corrected chi connectivity index (χ1v) is 6.27. The minimum atomic E-state index is -0.824. The smallest absolute Gasteiger partial charge is 0.331 e. The summed E-state index contributed by atoms with van der Waals surface area (Å²) >= 11 is 0. The Hall–Kier alpha value is -2.10. The molecule has 1 amide bonds. The summed E-state index contributed by atoms with van der Waals surface area (Å²) in [6.07, 6.45) is 2.94. The van der Waals surface area contributed by atoms with Crippen molar-refractivity contribution in [3.05, 3.63) is 42.0 Å². The zero-order chi connectivity index (χ0) is 14.3. The Balaban J connectivity index is 2.51. The van der Waals surface area contributed by atoms with Gasteiger partial charge in [0, 0.05) is 11.8 Å². The summed E-state index contributed by atoms with van der Waals surface area (Å²) in [7, 11) is 0. The molecule has 0 spiro atoms. The number of hydrogen-bond donors (Lipinski definition) is 1. The van der Waals surface area contributed by atoms with Crippen molar-refractivity contribution in [3.63, 3.8) is 0 Å². The first-order valence-electron chi connectivity index (χ1n) is 6.27. The second-order valence-corrected chi connectivity index (χ2v) is 4.25. The van der Waals surface area contributed by atoms with Gasteiger partial charge in [0.15, 0.2) is 6.10 Å². The van der Waals surface area contributed by atoms with Crippen molar-refractivity contribution < 1.29 is 14.3 Å². The zero-order valence-electron chi connectivity index (χ0n) is 11.5. The third-order valence-corrected chi connectivity index (χ3v) is 2.47. The Labute approximate surface area is 113 Å². The summed E-state index contributed by atoms with van der Waals surface area (Å²) in [6.45, 7) is 5.43. The highest BCUT2D eigenvalue weighted by Gasteiger charge is 2.16. The number of ether oxygens (including phenoxy) is 1. The minimum absolute atomic E-state index is 0.345. The highest BCUT2D eigenvalue weighted by Crippen LogP contribution is 2.09. The molecule has 0 radical (unpaired) electrons. The number of carbonyl (C=O) groups is 2. The van der Waals surface area contributed by atoms with Gasteiger partial charge in [-0.15, -0.1) is 0 Å². The van der Waals surface area contributed by atoms with E-state index in [2.05, 4.69) is 5.32 Å². The van der Waals surface area contributed by atoms with Crippen LogP contribution in [0.3, 0.4) is 0 Å². The number of amides is 1. The number of benzene rings is 1. The predicted molar refractivity (Wildman–Crippen MR) is 74.8 cm³/mol. The predicted octanol–water partition coefficient (Wildman–Crippen LogP) is 2.83. The summed E-state index contributed by atoms with van der Waals surface area (Å²) < 4.78 is 4.97. The standard InChI is InChI=1S/C15H19NO3/c1-4-5-6-14(17)19-12(3)15(18)16-13-9-7-11(2)8-10-13/h5-10,12H,4H2,1-3H3,(H,16,18)/b6-5+/t12-/m1/s1. The molecule has 102 valence electrons. The number of rotatable bonds is 5. The molecule has 4 nitrogen and oxygen atoms in total. The Morgan fingerprint density at radius 2 is 1.95 bits per heavy atom. The van der Waals surface area contributed by atoms with E-state index < -0.39 is 12.1 Å². The fourth-order valence-electron chi connectivity index (χ4n) is 1.36. The third kappa shape index (κ3) is 5.38. The molecular formula is C15H19NO3. The number of nitrogens with one attached hydrogen (secondary N) is 1. The van der Waals surface area contributed by atoms with Crippen LogP contribution in [0.2, 0.25) is 0 Å². The molecule has 0 aliphatic carbocycles. The van der Waals surface area contributed by atoms with Crippen LogP contribution in [0.15, 0.2) is 36.4 Å². The fraction of sp³-hybridized carbons (Fsp3) is 0.333. The molecule has 19 heavy (non-hydrogen) atoms. The number of hydrogen-bond acceptors (Lipinski definition) is 3. The van der Waals surface area contributed by atoms with Gasteiger partial charge in [0.25, 0.3) is 5.91 Å². The summed E-state index contributed by atoms with van der Waals surface area (Å²) in [4.78, 5) is 23.1. The Morgan fingerprint density at radius 3 is 2.53 bits per heavy atom. The molecule has 0 unspecified atom stereocenters. The topological polar surface area (TPSA) is 55.4 Å². The van der Waals surface area contributed by atoms with E-state index >= 15 is 0 Å². The van der Waals surface area contributed by atoms with E-state index in [9.17, 15) is 9.59 Å². The molecule has 1 N–H and O–H groups in total. The van der Waals surface area contributed by atoms with Gasteiger partial charge in [0.05, 0.1) is 0 Å². The number of carbonyl (C=O) groups excluding carboxylic acids is 2. The quantitative estimate of drug-likeness (QED) is 0.655. The van der Waals surface area contributed by atoms with Crippen LogP contribution in [0.1, 0.15) is 25.8 Å². The van der Waals surface area contributed by atoms with E-state index in [1.165, 1.54) is 6.08 Å². The Bertz CT molecular complexity index is 463. The normalized spacial score (nSPS) is 12.2. The lowest BCUT2D eigenvalue weighted by molar-refractivity contribution is -0.148. The van der Waals surface area contributed by atoms with Crippen LogP contribution in [0.5, 0.6) is 0 Å². The monoisotopic (exact) mass is 261 g/mol. The highest BCUT2D eigenvalue weighted by molar-refractivity contribution is 5.95. The van der Waals surface area contributed by atoms with Crippen LogP contribution in [0.4, 0.5) is 5.69 Å². The molecule has 0 heterocycles. The van der Waals surface area contributed by atoms with Gasteiger partial charge in [-0.1, -0.05) is 30.7 Å². The lowest BCUT2D eigenvalue weighted by Gasteiger charge is -2.12. The largest absolute Gasteiger partial charge is 0.449 e. The Kier molecular flexibility index (Phi) is 5.79. The van der Waals surface area contributed by atoms with E-state index in [4.69, 9.17) is 4.74 Å². The van der Waals surface area contributed by atoms with Crippen LogP contribution in [0.25, 0.3) is 0 Å². The summed E-state index contributed by atoms with van der Waals surface area (Å²) in [5.74, 6) is -0.851. The molecule has 4 heteroatoms. The van der Waals surface area contributed by atoms with Gasteiger partial charge in [-0.3, -0.25) is 4.79 Å². The van der Waals surface area contributed by atoms with Crippen molar-refractivity contribution in [1.82, 2.24) is 0 Å². The van der Waals surface area contributed by atoms with Crippen molar-refractivity contribution in [2.75, 3.05) is 5.32 Å². The first kappa shape index (κ1) is 15.0. The van der Waals surface area contributed by atoms with E-state index in [-0.39, 0.29) is 5.91 Å². The molecule has 0 aromatic heterocycles. The molecule has 0 aliphatic heterocycles. The highest BCUT2D eigenvalue weighted by atomic mass is 16.5. The maximum absolute atomic E-state index is 11.8. The maximum atomic E-state index is 11.8. The van der Waals surface area contributed by atoms with Crippen LogP contribution in [-0.4, -0.2) is 18.0 Å². The van der Waals surface area contributed by atoms with Crippen molar-refractivity contribution >= 4 is 17.6 Å². The molecule has 0 aliphatic rings. The molecule has 1 rings (SSSR count). The van der Waals surface area contributed by atoms with Gasteiger partial charge in [-0.05, 0) is 32.4 Å². The van der Waals surface area contributed by atoms with Crippen LogP contribution >= 0.6 is 0 Å². The average Bonchev–Trinajstić information content (AvgIpc) is 2.39. The first-order chi connectivity index (χ1) is 9.02. The molecule has 0 saturated heterocycles. The van der Waals surface area contributed by atoms with Gasteiger partial charge in [0.2, 0.25) is 0 Å². The lowest BCUT2D eigenvalue weighted by atomic mass is 10.2. The number of esters is 1. The van der Waals surface area contributed by atoms with Crippen molar-refractivity contribution in [2.24, 2.45) is 0 Å². The van der Waals surface area contributed by atoms with Gasteiger partial charge in [0.1, 0.15) is 0 Å². The van der Waals surface area contributed by atoms with Crippen LogP contribution < -0.4 is 5.32 Å². The lowest BCUT2D eigenvalue weighted by Crippen LogP contribution is -2.29. The van der Waals surface area contributed by atoms with E-state index in [0.717, 1.165) is 12.0 Å². The molecule has 1 atom stereocenters. The summed E-state index contributed by atoms with van der Waals surface area (Å²) in [5, 5.41) is 2.69. The number of aryl methyl sites for hydroxylation is 1. The zero-order valence-corrected chi connectivity index (χ0v) is 11.5. The van der Waals surface area contributed by atoms with Crippen molar-refractivity contribution in [2.45, 2.75) is 33.3 Å². The van der Waals surface area contributed by atoms with Gasteiger partial charge in [-0.2, -0.15) is 0 Å². The molecule has 0 fully saturated rings. The van der Waals surface area contributed by atoms with Gasteiger partial charge >= 0.3 is 5.97 Å². The van der Waals surface area contributed by atoms with Crippen LogP contribution in [-0.2, 0) is 14.3 Å². The van der Waals surface area contributed by atoms with Crippen molar-refractivity contribution in [1.29, 1.82) is 0 Å². The SMILES string of the molecule is CC/C=C/C(=O)O[C@H](C)C(=O)Nc1ccc(C)cc1. The van der Waals surface area contributed by atoms with Crippen LogP contribution in [0, 0.1) is 6.92 Å². The number of anilines is 1. The maximum Gasteiger partial charge on any atom is 0.331 e. The fourth-order valence-corrected chi connectivity index (χ4v) is 1.36. The Morgan fingerprint density at radius 1 is 1.32 bits per heavy atom. The average molecular weight is 261 g/mol. The van der Waals surface area contributed by atoms with Gasteiger partial charge < -0.3 is 10.1 Å². The summed E-state index contributed by atoms with van der Waals surface area (Å²) in [5.41, 5.74) is 1.80. The second-order valence-electron chi connectivity index (χ2n) is 4.25. The van der Waals surface area contributed by atoms with E-state index in [1.807, 2.05) is 26.0 Å². The number of allylic oxidation sites excluding steroid dienone is 1. The third-order valence-electron chi connectivity index (χ3n) is 2.47.